The van der Waals surface area contributed by atoms with Crippen molar-refractivity contribution in [3.63, 3.8) is 0 Å². The molecule has 1 amide bonds. The lowest BCUT2D eigenvalue weighted by Gasteiger charge is -2.32. The Balaban J connectivity index is 1.40. The van der Waals surface area contributed by atoms with E-state index in [0.717, 1.165) is 24.2 Å². The largest absolute Gasteiger partial charge is 0.481 e. The van der Waals surface area contributed by atoms with E-state index in [1.54, 1.807) is 23.9 Å². The fourth-order valence-corrected chi connectivity index (χ4v) is 4.24. The molecule has 1 N–H and O–H groups in total. The molecule has 1 aromatic carbocycles. The first kappa shape index (κ1) is 16.3. The number of carboxylic acids is 1. The van der Waals surface area contributed by atoms with Gasteiger partial charge in [0, 0.05) is 30.2 Å². The maximum absolute atomic E-state index is 12.8. The van der Waals surface area contributed by atoms with Crippen LogP contribution in [-0.4, -0.2) is 40.7 Å². The summed E-state index contributed by atoms with van der Waals surface area (Å²) in [6.07, 6.45) is 2.84. The van der Waals surface area contributed by atoms with Crippen molar-refractivity contribution < 1.29 is 19.1 Å². The number of halogens is 1. The van der Waals surface area contributed by atoms with Gasteiger partial charge in [-0.1, -0.05) is 0 Å². The summed E-state index contributed by atoms with van der Waals surface area (Å²) in [4.78, 5) is 26.1. The molecule has 0 bridgehead atoms. The van der Waals surface area contributed by atoms with Gasteiger partial charge in [-0.05, 0) is 48.9 Å². The molecular formula is C17H20FNO3S. The highest BCUT2D eigenvalue weighted by Gasteiger charge is 2.59. The molecule has 4 nitrogen and oxygen atoms in total. The molecule has 1 unspecified atom stereocenters. The minimum atomic E-state index is -0.694. The number of benzene rings is 1. The fourth-order valence-electron chi connectivity index (χ4n) is 3.40. The molecule has 0 aromatic heterocycles. The van der Waals surface area contributed by atoms with Gasteiger partial charge in [0.2, 0.25) is 5.91 Å². The van der Waals surface area contributed by atoms with Gasteiger partial charge in [-0.2, -0.15) is 0 Å². The van der Waals surface area contributed by atoms with E-state index in [0.29, 0.717) is 25.3 Å². The van der Waals surface area contributed by atoms with Gasteiger partial charge in [-0.25, -0.2) is 4.39 Å². The normalized spacial score (nSPS) is 22.1. The summed E-state index contributed by atoms with van der Waals surface area (Å²) in [6, 6.07) is 6.27. The maximum Gasteiger partial charge on any atom is 0.307 e. The standard InChI is InChI=1S/C17H20FNO3S/c18-12-1-3-13(4-2-12)23-10-5-15(20)19-8-6-17(7-9-19)11-14(17)16(21)22/h1-4,14H,5-11H2,(H,21,22). The van der Waals surface area contributed by atoms with Gasteiger partial charge in [-0.15, -0.1) is 11.8 Å². The Morgan fingerprint density at radius 1 is 1.26 bits per heavy atom. The predicted molar refractivity (Wildman–Crippen MR) is 85.7 cm³/mol. The Labute approximate surface area is 139 Å². The van der Waals surface area contributed by atoms with Gasteiger partial charge in [0.15, 0.2) is 0 Å². The van der Waals surface area contributed by atoms with E-state index in [9.17, 15) is 14.0 Å². The van der Waals surface area contributed by atoms with Crippen LogP contribution >= 0.6 is 11.8 Å². The Morgan fingerprint density at radius 3 is 2.48 bits per heavy atom. The van der Waals surface area contributed by atoms with Crippen LogP contribution in [-0.2, 0) is 9.59 Å². The second-order valence-electron chi connectivity index (χ2n) is 6.39. The highest BCUT2D eigenvalue weighted by Crippen LogP contribution is 2.59. The lowest BCUT2D eigenvalue weighted by molar-refractivity contribution is -0.139. The molecule has 2 aliphatic rings. The van der Waals surface area contributed by atoms with E-state index in [-0.39, 0.29) is 23.1 Å². The number of aliphatic carboxylic acids is 1. The van der Waals surface area contributed by atoms with Gasteiger partial charge in [0.1, 0.15) is 5.82 Å². The van der Waals surface area contributed by atoms with E-state index >= 15 is 0 Å². The average molecular weight is 337 g/mol. The number of hydrogen-bond acceptors (Lipinski definition) is 3. The SMILES string of the molecule is O=C(O)C1CC12CCN(C(=O)CCSc1ccc(F)cc1)CC2. The average Bonchev–Trinajstić information content (AvgIpc) is 3.24. The number of hydrogen-bond donors (Lipinski definition) is 1. The van der Waals surface area contributed by atoms with Crippen molar-refractivity contribution in [2.24, 2.45) is 11.3 Å². The molecule has 23 heavy (non-hydrogen) atoms. The molecule has 1 heterocycles. The molecule has 2 fully saturated rings. The molecule has 1 aromatic rings. The smallest absolute Gasteiger partial charge is 0.307 e. The highest BCUT2D eigenvalue weighted by atomic mass is 32.2. The van der Waals surface area contributed by atoms with Crippen molar-refractivity contribution in [1.82, 2.24) is 4.90 Å². The van der Waals surface area contributed by atoms with E-state index in [4.69, 9.17) is 5.11 Å². The quantitative estimate of drug-likeness (QED) is 0.839. The van der Waals surface area contributed by atoms with E-state index in [1.165, 1.54) is 12.1 Å². The van der Waals surface area contributed by atoms with Crippen LogP contribution in [0.15, 0.2) is 29.2 Å². The molecular weight excluding hydrogens is 317 g/mol. The zero-order chi connectivity index (χ0) is 16.4. The van der Waals surface area contributed by atoms with Gasteiger partial charge < -0.3 is 10.0 Å². The van der Waals surface area contributed by atoms with Crippen molar-refractivity contribution in [2.45, 2.75) is 30.6 Å². The summed E-state index contributed by atoms with van der Waals surface area (Å²) >= 11 is 1.55. The molecule has 1 aliphatic heterocycles. The summed E-state index contributed by atoms with van der Waals surface area (Å²) in [6.45, 7) is 1.34. The van der Waals surface area contributed by atoms with Crippen LogP contribution in [0.5, 0.6) is 0 Å². The third-order valence-corrected chi connectivity index (χ3v) is 6.01. The molecule has 1 aliphatic carbocycles. The van der Waals surface area contributed by atoms with Crippen LogP contribution in [0.1, 0.15) is 25.7 Å². The topological polar surface area (TPSA) is 57.6 Å². The summed E-state index contributed by atoms with van der Waals surface area (Å²) in [7, 11) is 0. The lowest BCUT2D eigenvalue weighted by atomic mass is 9.90. The minimum Gasteiger partial charge on any atom is -0.481 e. The van der Waals surface area contributed by atoms with Crippen LogP contribution in [0, 0.1) is 17.2 Å². The van der Waals surface area contributed by atoms with Crippen molar-refractivity contribution in [3.05, 3.63) is 30.1 Å². The van der Waals surface area contributed by atoms with Crippen molar-refractivity contribution in [3.8, 4) is 0 Å². The zero-order valence-electron chi connectivity index (χ0n) is 12.8. The molecule has 1 spiro atoms. The first-order valence-corrected chi connectivity index (χ1v) is 8.88. The molecule has 1 saturated carbocycles. The summed E-state index contributed by atoms with van der Waals surface area (Å²) in [5, 5.41) is 9.08. The molecule has 1 saturated heterocycles. The zero-order valence-corrected chi connectivity index (χ0v) is 13.7. The van der Waals surface area contributed by atoms with Gasteiger partial charge in [0.25, 0.3) is 0 Å². The second-order valence-corrected chi connectivity index (χ2v) is 7.56. The van der Waals surface area contributed by atoms with Crippen molar-refractivity contribution >= 4 is 23.6 Å². The van der Waals surface area contributed by atoms with Crippen LogP contribution in [0.3, 0.4) is 0 Å². The Bertz CT molecular complexity index is 596. The van der Waals surface area contributed by atoms with E-state index < -0.39 is 5.97 Å². The van der Waals surface area contributed by atoms with Crippen LogP contribution in [0.4, 0.5) is 4.39 Å². The predicted octanol–water partition coefficient (Wildman–Crippen LogP) is 3.02. The number of thioether (sulfide) groups is 1. The molecule has 124 valence electrons. The second kappa shape index (κ2) is 6.51. The minimum absolute atomic E-state index is 0.0362. The maximum atomic E-state index is 12.8. The van der Waals surface area contributed by atoms with Gasteiger partial charge in [0.05, 0.1) is 5.92 Å². The van der Waals surface area contributed by atoms with Gasteiger partial charge in [-0.3, -0.25) is 9.59 Å². The summed E-state index contributed by atoms with van der Waals surface area (Å²) in [5.41, 5.74) is -0.0362. The number of carbonyl (C=O) groups is 2. The van der Waals surface area contributed by atoms with Crippen LogP contribution in [0.2, 0.25) is 0 Å². The number of carboxylic acid groups (broad SMARTS) is 1. The number of rotatable bonds is 5. The number of carbonyl (C=O) groups excluding carboxylic acids is 1. The third-order valence-electron chi connectivity index (χ3n) is 5.00. The number of likely N-dealkylation sites (tertiary alicyclic amines) is 1. The molecule has 0 radical (unpaired) electrons. The van der Waals surface area contributed by atoms with E-state index in [2.05, 4.69) is 0 Å². The van der Waals surface area contributed by atoms with Crippen molar-refractivity contribution in [2.75, 3.05) is 18.8 Å². The lowest BCUT2D eigenvalue weighted by Crippen LogP contribution is -2.40. The fraction of sp³-hybridized carbons (Fsp3) is 0.529. The van der Waals surface area contributed by atoms with Crippen molar-refractivity contribution in [1.29, 1.82) is 0 Å². The monoisotopic (exact) mass is 337 g/mol. The first-order chi connectivity index (χ1) is 11.0. The summed E-state index contributed by atoms with van der Waals surface area (Å²) in [5.74, 6) is -0.354. The van der Waals surface area contributed by atoms with Gasteiger partial charge >= 0.3 is 5.97 Å². The molecule has 3 rings (SSSR count). The Morgan fingerprint density at radius 2 is 1.91 bits per heavy atom. The first-order valence-electron chi connectivity index (χ1n) is 7.89. The van der Waals surface area contributed by atoms with E-state index in [1.807, 2.05) is 4.90 Å². The number of amides is 1. The molecule has 6 heteroatoms. The third kappa shape index (κ3) is 3.68. The highest BCUT2D eigenvalue weighted by molar-refractivity contribution is 7.99. The van der Waals surface area contributed by atoms with Crippen LogP contribution < -0.4 is 0 Å². The van der Waals surface area contributed by atoms with Crippen LogP contribution in [0.25, 0.3) is 0 Å². The Hall–Kier alpha value is -1.56. The Kier molecular flexibility index (Phi) is 4.62. The summed E-state index contributed by atoms with van der Waals surface area (Å²) < 4.78 is 12.8. The number of nitrogens with zero attached hydrogens (tertiary/aromatic N) is 1. The number of piperidine rings is 1. The molecule has 1 atom stereocenters.